The second-order valence-electron chi connectivity index (χ2n) is 4.61. The standard InChI is InChI=1S/C11H20N2O4/c1-11(2,3)10(16)12-6-5-8(14)13-7-9(15)17-4/h5-7H2,1-4H3,(H,12,16)(H,13,14). The molecule has 0 aromatic heterocycles. The summed E-state index contributed by atoms with van der Waals surface area (Å²) in [5.41, 5.74) is -0.470. The molecule has 0 aromatic carbocycles. The molecule has 0 aliphatic heterocycles. The van der Waals surface area contributed by atoms with Crippen LogP contribution in [0.2, 0.25) is 0 Å². The van der Waals surface area contributed by atoms with Crippen molar-refractivity contribution in [3.8, 4) is 0 Å². The Labute approximate surface area is 101 Å². The van der Waals surface area contributed by atoms with Gasteiger partial charge in [-0.15, -0.1) is 0 Å². The molecule has 0 atom stereocenters. The smallest absolute Gasteiger partial charge is 0.325 e. The minimum absolute atomic E-state index is 0.113. The number of methoxy groups -OCH3 is 1. The normalized spacial score (nSPS) is 10.6. The Morgan fingerprint density at radius 2 is 1.71 bits per heavy atom. The lowest BCUT2D eigenvalue weighted by Gasteiger charge is -2.17. The zero-order valence-electron chi connectivity index (χ0n) is 10.8. The highest BCUT2D eigenvalue weighted by molar-refractivity contribution is 5.84. The summed E-state index contributed by atoms with van der Waals surface area (Å²) >= 11 is 0. The van der Waals surface area contributed by atoms with E-state index in [2.05, 4.69) is 15.4 Å². The van der Waals surface area contributed by atoms with E-state index >= 15 is 0 Å². The number of nitrogens with one attached hydrogen (secondary N) is 2. The number of carbonyl (C=O) groups excluding carboxylic acids is 3. The van der Waals surface area contributed by atoms with Crippen molar-refractivity contribution >= 4 is 17.8 Å². The molecule has 2 amide bonds. The third-order valence-corrected chi connectivity index (χ3v) is 1.98. The van der Waals surface area contributed by atoms with Crippen LogP contribution in [0.15, 0.2) is 0 Å². The van der Waals surface area contributed by atoms with Gasteiger partial charge >= 0.3 is 5.97 Å². The van der Waals surface area contributed by atoms with Gasteiger partial charge in [0, 0.05) is 18.4 Å². The van der Waals surface area contributed by atoms with E-state index in [9.17, 15) is 14.4 Å². The Morgan fingerprint density at radius 3 is 2.18 bits per heavy atom. The Kier molecular flexibility index (Phi) is 6.23. The molecule has 2 N–H and O–H groups in total. The maximum absolute atomic E-state index is 11.4. The van der Waals surface area contributed by atoms with Crippen molar-refractivity contribution in [1.29, 1.82) is 0 Å². The largest absolute Gasteiger partial charge is 0.468 e. The average molecular weight is 244 g/mol. The Bertz CT molecular complexity index is 294. The molecule has 0 saturated heterocycles. The molecule has 98 valence electrons. The number of hydrogen-bond acceptors (Lipinski definition) is 4. The summed E-state index contributed by atoms with van der Waals surface area (Å²) in [6, 6.07) is 0. The molecule has 0 rings (SSSR count). The second-order valence-corrected chi connectivity index (χ2v) is 4.61. The molecule has 0 saturated carbocycles. The molecule has 0 unspecified atom stereocenters. The first-order valence-corrected chi connectivity index (χ1v) is 5.39. The van der Waals surface area contributed by atoms with E-state index < -0.39 is 11.4 Å². The number of hydrogen-bond donors (Lipinski definition) is 2. The summed E-state index contributed by atoms with van der Waals surface area (Å²) in [6.45, 7) is 5.48. The van der Waals surface area contributed by atoms with Crippen molar-refractivity contribution in [3.05, 3.63) is 0 Å². The van der Waals surface area contributed by atoms with E-state index in [1.165, 1.54) is 7.11 Å². The molecule has 6 heteroatoms. The van der Waals surface area contributed by atoms with E-state index in [1.54, 1.807) is 20.8 Å². The molecule has 0 radical (unpaired) electrons. The third-order valence-electron chi connectivity index (χ3n) is 1.98. The molecule has 0 fully saturated rings. The first kappa shape index (κ1) is 15.4. The van der Waals surface area contributed by atoms with Crippen molar-refractivity contribution < 1.29 is 19.1 Å². The van der Waals surface area contributed by atoms with Crippen molar-refractivity contribution in [2.24, 2.45) is 5.41 Å². The summed E-state index contributed by atoms with van der Waals surface area (Å²) in [6.07, 6.45) is 0.138. The zero-order valence-corrected chi connectivity index (χ0v) is 10.8. The summed E-state index contributed by atoms with van der Waals surface area (Å²) in [5, 5.41) is 5.02. The zero-order chi connectivity index (χ0) is 13.5. The summed E-state index contributed by atoms with van der Waals surface area (Å²) in [5.74, 6) is -0.917. The molecular formula is C11H20N2O4. The minimum Gasteiger partial charge on any atom is -0.468 e. The first-order valence-electron chi connectivity index (χ1n) is 5.39. The molecule has 0 aromatic rings. The lowest BCUT2D eigenvalue weighted by molar-refractivity contribution is -0.141. The van der Waals surface area contributed by atoms with E-state index in [0.717, 1.165) is 0 Å². The van der Waals surface area contributed by atoms with Gasteiger partial charge in [-0.25, -0.2) is 0 Å². The lowest BCUT2D eigenvalue weighted by Crippen LogP contribution is -2.38. The average Bonchev–Trinajstić information content (AvgIpc) is 2.24. The maximum Gasteiger partial charge on any atom is 0.325 e. The van der Waals surface area contributed by atoms with Crippen molar-refractivity contribution in [3.63, 3.8) is 0 Å². The number of esters is 1. The van der Waals surface area contributed by atoms with E-state index in [1.807, 2.05) is 0 Å². The molecular weight excluding hydrogens is 224 g/mol. The molecule has 0 bridgehead atoms. The highest BCUT2D eigenvalue weighted by Crippen LogP contribution is 2.11. The molecule has 0 aliphatic rings. The third kappa shape index (κ3) is 7.32. The van der Waals surface area contributed by atoms with Gasteiger partial charge in [0.25, 0.3) is 0 Å². The fourth-order valence-electron chi connectivity index (χ4n) is 0.886. The maximum atomic E-state index is 11.4. The Balaban J connectivity index is 3.72. The van der Waals surface area contributed by atoms with Gasteiger partial charge in [-0.3, -0.25) is 14.4 Å². The van der Waals surface area contributed by atoms with Crippen LogP contribution in [-0.2, 0) is 19.1 Å². The Morgan fingerprint density at radius 1 is 1.12 bits per heavy atom. The van der Waals surface area contributed by atoms with Crippen LogP contribution in [0, 0.1) is 5.41 Å². The van der Waals surface area contributed by atoms with E-state index in [4.69, 9.17) is 0 Å². The van der Waals surface area contributed by atoms with Crippen LogP contribution in [-0.4, -0.2) is 38.0 Å². The van der Waals surface area contributed by atoms with Gasteiger partial charge in [-0.1, -0.05) is 20.8 Å². The van der Waals surface area contributed by atoms with Crippen LogP contribution in [0.5, 0.6) is 0 Å². The predicted octanol–water partition coefficient (Wildman–Crippen LogP) is -0.172. The van der Waals surface area contributed by atoms with Gasteiger partial charge in [-0.2, -0.15) is 0 Å². The van der Waals surface area contributed by atoms with Crippen molar-refractivity contribution in [2.45, 2.75) is 27.2 Å². The quantitative estimate of drug-likeness (QED) is 0.657. The highest BCUT2D eigenvalue weighted by Gasteiger charge is 2.20. The van der Waals surface area contributed by atoms with Crippen LogP contribution in [0.1, 0.15) is 27.2 Å². The fraction of sp³-hybridized carbons (Fsp3) is 0.727. The second kappa shape index (κ2) is 6.88. The van der Waals surface area contributed by atoms with Crippen LogP contribution < -0.4 is 10.6 Å². The van der Waals surface area contributed by atoms with Gasteiger partial charge in [0.1, 0.15) is 6.54 Å². The molecule has 0 heterocycles. The number of rotatable bonds is 5. The van der Waals surface area contributed by atoms with Gasteiger partial charge in [-0.05, 0) is 0 Å². The van der Waals surface area contributed by atoms with Crippen molar-refractivity contribution in [2.75, 3.05) is 20.2 Å². The van der Waals surface area contributed by atoms with Crippen LogP contribution >= 0.6 is 0 Å². The van der Waals surface area contributed by atoms with Gasteiger partial charge < -0.3 is 15.4 Å². The van der Waals surface area contributed by atoms with Crippen LogP contribution in [0.4, 0.5) is 0 Å². The SMILES string of the molecule is COC(=O)CNC(=O)CCNC(=O)C(C)(C)C. The topological polar surface area (TPSA) is 84.5 Å². The number of amides is 2. The molecule has 17 heavy (non-hydrogen) atoms. The monoisotopic (exact) mass is 244 g/mol. The van der Waals surface area contributed by atoms with Crippen molar-refractivity contribution in [1.82, 2.24) is 10.6 Å². The van der Waals surface area contributed by atoms with E-state index in [-0.39, 0.29) is 31.3 Å². The summed E-state index contributed by atoms with van der Waals surface area (Å²) in [4.78, 5) is 33.4. The highest BCUT2D eigenvalue weighted by atomic mass is 16.5. The molecule has 0 aliphatic carbocycles. The van der Waals surface area contributed by atoms with Crippen LogP contribution in [0.25, 0.3) is 0 Å². The van der Waals surface area contributed by atoms with Gasteiger partial charge in [0.15, 0.2) is 0 Å². The lowest BCUT2D eigenvalue weighted by atomic mass is 9.96. The van der Waals surface area contributed by atoms with Crippen LogP contribution in [0.3, 0.4) is 0 Å². The first-order chi connectivity index (χ1) is 7.77. The van der Waals surface area contributed by atoms with E-state index in [0.29, 0.717) is 0 Å². The summed E-state index contributed by atoms with van der Waals surface area (Å²) < 4.78 is 4.36. The molecule has 0 spiro atoms. The number of carbonyl (C=O) groups is 3. The van der Waals surface area contributed by atoms with Gasteiger partial charge in [0.05, 0.1) is 7.11 Å². The van der Waals surface area contributed by atoms with Gasteiger partial charge in [0.2, 0.25) is 11.8 Å². The predicted molar refractivity (Wildman–Crippen MR) is 62.1 cm³/mol. The molecule has 6 nitrogen and oxygen atoms in total. The number of ether oxygens (including phenoxy) is 1. The Hall–Kier alpha value is -1.59. The fourth-order valence-corrected chi connectivity index (χ4v) is 0.886. The minimum atomic E-state index is -0.503. The summed E-state index contributed by atoms with van der Waals surface area (Å²) in [7, 11) is 1.25.